The van der Waals surface area contributed by atoms with Gasteiger partial charge in [0.05, 0.1) is 5.02 Å². The topological polar surface area (TPSA) is 41.4 Å². The minimum atomic E-state index is -0.0243. The molecule has 2 aliphatic rings. The third kappa shape index (κ3) is 2.37. The highest BCUT2D eigenvalue weighted by Gasteiger charge is 2.34. The van der Waals surface area contributed by atoms with Crippen LogP contribution in [0.3, 0.4) is 0 Å². The minimum absolute atomic E-state index is 0.0243. The van der Waals surface area contributed by atoms with Gasteiger partial charge in [0.1, 0.15) is 0 Å². The van der Waals surface area contributed by atoms with Crippen molar-refractivity contribution in [3.8, 4) is 0 Å². The van der Waals surface area contributed by atoms with Crippen molar-refractivity contribution in [3.63, 3.8) is 0 Å². The number of amides is 1. The van der Waals surface area contributed by atoms with E-state index < -0.39 is 0 Å². The standard InChI is InChI=1S/C13H19ClN4O/c1-2-18-9-11(14)12(15-18)13(19)17-7-6-16-5-3-4-10(16)8-17/h9-10H,2-8H2,1H3/t10-/m0/s1. The number of hydrogen-bond acceptors (Lipinski definition) is 3. The van der Waals surface area contributed by atoms with Crippen molar-refractivity contribution in [1.29, 1.82) is 0 Å². The van der Waals surface area contributed by atoms with Crippen LogP contribution in [0.25, 0.3) is 0 Å². The van der Waals surface area contributed by atoms with Crippen LogP contribution >= 0.6 is 11.6 Å². The van der Waals surface area contributed by atoms with E-state index in [1.807, 2.05) is 11.8 Å². The van der Waals surface area contributed by atoms with Gasteiger partial charge in [-0.05, 0) is 26.3 Å². The lowest BCUT2D eigenvalue weighted by molar-refractivity contribution is 0.0565. The molecule has 6 heteroatoms. The summed E-state index contributed by atoms with van der Waals surface area (Å²) in [4.78, 5) is 16.9. The lowest BCUT2D eigenvalue weighted by Gasteiger charge is -2.37. The summed E-state index contributed by atoms with van der Waals surface area (Å²) in [6, 6.07) is 0.532. The van der Waals surface area contributed by atoms with Crippen molar-refractivity contribution in [2.75, 3.05) is 26.2 Å². The summed E-state index contributed by atoms with van der Waals surface area (Å²) in [5.74, 6) is -0.0243. The van der Waals surface area contributed by atoms with Crippen LogP contribution < -0.4 is 0 Å². The van der Waals surface area contributed by atoms with Crippen molar-refractivity contribution in [2.45, 2.75) is 32.4 Å². The van der Waals surface area contributed by atoms with Crippen LogP contribution in [0.5, 0.6) is 0 Å². The van der Waals surface area contributed by atoms with Gasteiger partial charge in [0.2, 0.25) is 0 Å². The average molecular weight is 283 g/mol. The van der Waals surface area contributed by atoms with Gasteiger partial charge in [0, 0.05) is 38.4 Å². The molecule has 1 amide bonds. The molecule has 3 rings (SSSR count). The molecule has 5 nitrogen and oxygen atoms in total. The number of rotatable bonds is 2. The summed E-state index contributed by atoms with van der Waals surface area (Å²) < 4.78 is 1.71. The Hall–Kier alpha value is -1.07. The van der Waals surface area contributed by atoms with Crippen molar-refractivity contribution < 1.29 is 4.79 Å². The van der Waals surface area contributed by atoms with Crippen LogP contribution in [0.2, 0.25) is 5.02 Å². The van der Waals surface area contributed by atoms with Gasteiger partial charge in [-0.25, -0.2) is 0 Å². The smallest absolute Gasteiger partial charge is 0.276 e. The second kappa shape index (κ2) is 5.13. The van der Waals surface area contributed by atoms with Crippen LogP contribution in [0.1, 0.15) is 30.3 Å². The number of nitrogens with zero attached hydrogens (tertiary/aromatic N) is 4. The number of piperazine rings is 1. The van der Waals surface area contributed by atoms with E-state index in [4.69, 9.17) is 11.6 Å². The quantitative estimate of drug-likeness (QED) is 0.825. The molecule has 0 unspecified atom stereocenters. The number of fused-ring (bicyclic) bond motifs is 1. The number of carbonyl (C=O) groups excluding carboxylic acids is 1. The summed E-state index contributed by atoms with van der Waals surface area (Å²) in [5.41, 5.74) is 0.398. The van der Waals surface area contributed by atoms with Gasteiger partial charge in [-0.15, -0.1) is 0 Å². The molecule has 0 spiro atoms. The van der Waals surface area contributed by atoms with E-state index in [-0.39, 0.29) is 5.91 Å². The number of halogens is 1. The predicted octanol–water partition coefficient (Wildman–Crippen LogP) is 1.48. The number of hydrogen-bond donors (Lipinski definition) is 0. The Morgan fingerprint density at radius 1 is 1.47 bits per heavy atom. The van der Waals surface area contributed by atoms with Crippen molar-refractivity contribution in [2.24, 2.45) is 0 Å². The van der Waals surface area contributed by atoms with E-state index in [9.17, 15) is 4.79 Å². The first-order valence-corrected chi connectivity index (χ1v) is 7.33. The molecule has 0 aliphatic carbocycles. The Morgan fingerprint density at radius 3 is 3.05 bits per heavy atom. The van der Waals surface area contributed by atoms with E-state index >= 15 is 0 Å². The van der Waals surface area contributed by atoms with E-state index in [0.717, 1.165) is 26.2 Å². The number of aryl methyl sites for hydroxylation is 1. The summed E-state index contributed by atoms with van der Waals surface area (Å²) in [7, 11) is 0. The zero-order valence-electron chi connectivity index (χ0n) is 11.2. The largest absolute Gasteiger partial charge is 0.334 e. The zero-order valence-corrected chi connectivity index (χ0v) is 11.9. The van der Waals surface area contributed by atoms with Crippen molar-refractivity contribution in [1.82, 2.24) is 19.6 Å². The number of aromatic nitrogens is 2. The number of carbonyl (C=O) groups is 1. The molecule has 0 saturated carbocycles. The molecule has 0 aromatic carbocycles. The fourth-order valence-electron chi connectivity index (χ4n) is 3.03. The lowest BCUT2D eigenvalue weighted by atomic mass is 10.1. The van der Waals surface area contributed by atoms with Crippen LogP contribution in [0, 0.1) is 0 Å². The predicted molar refractivity (Wildman–Crippen MR) is 73.4 cm³/mol. The molecule has 0 bridgehead atoms. The van der Waals surface area contributed by atoms with Gasteiger partial charge < -0.3 is 4.90 Å². The maximum atomic E-state index is 12.5. The van der Waals surface area contributed by atoms with Crippen molar-refractivity contribution in [3.05, 3.63) is 16.9 Å². The molecular weight excluding hydrogens is 264 g/mol. The monoisotopic (exact) mass is 282 g/mol. The summed E-state index contributed by atoms with van der Waals surface area (Å²) in [6.07, 6.45) is 4.17. The Labute approximate surface area is 118 Å². The Kier molecular flexibility index (Phi) is 3.50. The van der Waals surface area contributed by atoms with E-state index in [0.29, 0.717) is 16.8 Å². The second-order valence-electron chi connectivity index (χ2n) is 5.26. The molecule has 1 aromatic heterocycles. The molecular formula is C13H19ClN4O. The highest BCUT2D eigenvalue weighted by atomic mass is 35.5. The fraction of sp³-hybridized carbons (Fsp3) is 0.692. The van der Waals surface area contributed by atoms with Crippen LogP contribution in [-0.4, -0.2) is 57.7 Å². The molecule has 3 heterocycles. The first kappa shape index (κ1) is 12.9. The van der Waals surface area contributed by atoms with E-state index in [1.165, 1.54) is 19.4 Å². The molecule has 1 atom stereocenters. The molecule has 1 aromatic rings. The first-order valence-electron chi connectivity index (χ1n) is 6.95. The van der Waals surface area contributed by atoms with Gasteiger partial charge >= 0.3 is 0 Å². The Morgan fingerprint density at radius 2 is 2.32 bits per heavy atom. The Balaban J connectivity index is 1.74. The molecule has 19 heavy (non-hydrogen) atoms. The van der Waals surface area contributed by atoms with Gasteiger partial charge in [0.25, 0.3) is 5.91 Å². The maximum absolute atomic E-state index is 12.5. The SMILES string of the molecule is CCn1cc(Cl)c(C(=O)N2CCN3CCC[C@H]3C2)n1. The third-order valence-corrected chi connectivity index (χ3v) is 4.39. The lowest BCUT2D eigenvalue weighted by Crippen LogP contribution is -2.52. The molecule has 104 valence electrons. The average Bonchev–Trinajstić information content (AvgIpc) is 3.02. The van der Waals surface area contributed by atoms with Crippen LogP contribution in [-0.2, 0) is 6.54 Å². The van der Waals surface area contributed by atoms with Crippen molar-refractivity contribution >= 4 is 17.5 Å². The van der Waals surface area contributed by atoms with E-state index in [2.05, 4.69) is 10.00 Å². The van der Waals surface area contributed by atoms with Gasteiger partial charge in [-0.3, -0.25) is 14.4 Å². The fourth-order valence-corrected chi connectivity index (χ4v) is 3.26. The highest BCUT2D eigenvalue weighted by molar-refractivity contribution is 6.33. The maximum Gasteiger partial charge on any atom is 0.276 e. The highest BCUT2D eigenvalue weighted by Crippen LogP contribution is 2.23. The van der Waals surface area contributed by atoms with Gasteiger partial charge in [0.15, 0.2) is 5.69 Å². The second-order valence-corrected chi connectivity index (χ2v) is 5.67. The molecule has 2 saturated heterocycles. The summed E-state index contributed by atoms with van der Waals surface area (Å²) in [6.45, 7) is 6.46. The van der Waals surface area contributed by atoms with Gasteiger partial charge in [-0.2, -0.15) is 5.10 Å². The molecule has 2 aliphatic heterocycles. The van der Waals surface area contributed by atoms with Crippen LogP contribution in [0.15, 0.2) is 6.20 Å². The first-order chi connectivity index (χ1) is 9.19. The van der Waals surface area contributed by atoms with Gasteiger partial charge in [-0.1, -0.05) is 11.6 Å². The third-order valence-electron chi connectivity index (χ3n) is 4.12. The zero-order chi connectivity index (χ0) is 13.4. The van der Waals surface area contributed by atoms with E-state index in [1.54, 1.807) is 10.9 Å². The Bertz CT molecular complexity index is 487. The summed E-state index contributed by atoms with van der Waals surface area (Å²) in [5, 5.41) is 4.73. The molecule has 0 radical (unpaired) electrons. The van der Waals surface area contributed by atoms with Crippen LogP contribution in [0.4, 0.5) is 0 Å². The summed E-state index contributed by atoms with van der Waals surface area (Å²) >= 11 is 6.11. The molecule has 0 N–H and O–H groups in total. The normalized spacial score (nSPS) is 23.7. The molecule has 2 fully saturated rings. The minimum Gasteiger partial charge on any atom is -0.334 e.